The molecular weight excluding hydrogens is 302 g/mol. The van der Waals surface area contributed by atoms with Gasteiger partial charge in [0.1, 0.15) is 8.24 Å². The van der Waals surface area contributed by atoms with Gasteiger partial charge in [-0.15, -0.1) is 6.58 Å². The summed E-state index contributed by atoms with van der Waals surface area (Å²) in [6.07, 6.45) is 3.24. The highest BCUT2D eigenvalue weighted by Gasteiger charge is 2.46. The Morgan fingerprint density at radius 1 is 0.909 bits per heavy atom. The molecule has 0 saturated carbocycles. The van der Waals surface area contributed by atoms with Gasteiger partial charge < -0.3 is 9.41 Å². The summed E-state index contributed by atoms with van der Waals surface area (Å²) in [7, 11) is -3.16. The van der Waals surface area contributed by atoms with E-state index < -0.39 is 16.6 Å². The molecule has 0 rings (SSSR count). The lowest BCUT2D eigenvalue weighted by Crippen LogP contribution is -2.57. The first-order valence-electron chi connectivity index (χ1n) is 8.94. The van der Waals surface area contributed by atoms with Gasteiger partial charge >= 0.3 is 0 Å². The van der Waals surface area contributed by atoms with Crippen LogP contribution in [0.2, 0.25) is 36.3 Å². The van der Waals surface area contributed by atoms with E-state index in [2.05, 4.69) is 79.7 Å². The molecule has 0 amide bonds. The van der Waals surface area contributed by atoms with E-state index >= 15 is 0 Å². The molecule has 0 spiro atoms. The molecular formula is C18H41NOSi2. The zero-order valence-corrected chi connectivity index (χ0v) is 18.8. The number of hydrogen-bond donors (Lipinski definition) is 1. The van der Waals surface area contributed by atoms with Crippen LogP contribution in [0.15, 0.2) is 12.7 Å². The second kappa shape index (κ2) is 8.81. The number of hydrogen-bond acceptors (Lipinski definition) is 2. The molecule has 2 atom stereocenters. The van der Waals surface area contributed by atoms with Crippen LogP contribution in [0.1, 0.15) is 54.9 Å². The maximum atomic E-state index is 6.93. The van der Waals surface area contributed by atoms with Crippen molar-refractivity contribution >= 4 is 16.6 Å². The fourth-order valence-corrected chi connectivity index (χ4v) is 11.0. The third-order valence-corrected chi connectivity index (χ3v) is 12.1. The van der Waals surface area contributed by atoms with Gasteiger partial charge in [-0.05, 0) is 30.0 Å². The summed E-state index contributed by atoms with van der Waals surface area (Å²) in [5, 5.41) is 0. The average Bonchev–Trinajstić information content (AvgIpc) is 2.31. The van der Waals surface area contributed by atoms with Gasteiger partial charge in [0.25, 0.3) is 0 Å². The molecule has 0 bridgehead atoms. The molecule has 1 N–H and O–H groups in total. The van der Waals surface area contributed by atoms with E-state index in [4.69, 9.17) is 4.43 Å². The Morgan fingerprint density at radius 3 is 1.59 bits per heavy atom. The molecule has 0 aliphatic heterocycles. The van der Waals surface area contributed by atoms with E-state index in [0.717, 1.165) is 6.42 Å². The predicted molar refractivity (Wildman–Crippen MR) is 107 cm³/mol. The minimum Gasteiger partial charge on any atom is -0.412 e. The van der Waals surface area contributed by atoms with Gasteiger partial charge in [0, 0.05) is 6.04 Å². The molecule has 0 aromatic rings. The highest BCUT2D eigenvalue weighted by Crippen LogP contribution is 2.43. The minimum atomic E-state index is -1.82. The predicted octanol–water partition coefficient (Wildman–Crippen LogP) is 5.94. The van der Waals surface area contributed by atoms with Crippen LogP contribution in [0.5, 0.6) is 0 Å². The Labute approximate surface area is 142 Å². The van der Waals surface area contributed by atoms with E-state index in [1.54, 1.807) is 0 Å². The first-order valence-corrected chi connectivity index (χ1v) is 14.6. The molecule has 0 aliphatic rings. The van der Waals surface area contributed by atoms with Crippen molar-refractivity contribution in [2.75, 3.05) is 0 Å². The second-order valence-electron chi connectivity index (χ2n) is 8.67. The lowest BCUT2D eigenvalue weighted by Gasteiger charge is -2.46. The molecule has 0 unspecified atom stereocenters. The van der Waals surface area contributed by atoms with Crippen LogP contribution in [0, 0.1) is 0 Å². The molecule has 132 valence electrons. The smallest absolute Gasteiger partial charge is 0.200 e. The summed E-state index contributed by atoms with van der Waals surface area (Å²) in [6.45, 7) is 27.4. The molecule has 0 heterocycles. The van der Waals surface area contributed by atoms with Gasteiger partial charge in [-0.25, -0.2) is 0 Å². The van der Waals surface area contributed by atoms with Crippen LogP contribution in [0.3, 0.4) is 0 Å². The molecule has 0 radical (unpaired) electrons. The summed E-state index contributed by atoms with van der Waals surface area (Å²) in [6, 6.07) is 0.382. The fraction of sp³-hybridized carbons (Fsp3) is 0.889. The number of nitrogens with one attached hydrogen (secondary N) is 1. The lowest BCUT2D eigenvalue weighted by molar-refractivity contribution is 0.156. The normalized spacial score (nSPS) is 16.4. The maximum absolute atomic E-state index is 6.93. The molecule has 0 aromatic heterocycles. The Balaban J connectivity index is 5.36. The van der Waals surface area contributed by atoms with Gasteiger partial charge in [-0.3, -0.25) is 0 Å². The topological polar surface area (TPSA) is 21.3 Å². The van der Waals surface area contributed by atoms with E-state index in [-0.39, 0.29) is 6.10 Å². The van der Waals surface area contributed by atoms with Gasteiger partial charge in [0.05, 0.1) is 6.10 Å². The first kappa shape index (κ1) is 22.1. The van der Waals surface area contributed by atoms with Gasteiger partial charge in [0.15, 0.2) is 0 Å². The van der Waals surface area contributed by atoms with Crippen molar-refractivity contribution in [2.24, 2.45) is 0 Å². The van der Waals surface area contributed by atoms with Crippen LogP contribution in [0.25, 0.3) is 0 Å². The summed E-state index contributed by atoms with van der Waals surface area (Å²) in [5.41, 5.74) is 1.89. The van der Waals surface area contributed by atoms with Crippen molar-refractivity contribution in [3.8, 4) is 0 Å². The molecule has 4 heteroatoms. The number of rotatable bonds is 10. The molecule has 0 saturated heterocycles. The van der Waals surface area contributed by atoms with Crippen LogP contribution in [-0.4, -0.2) is 28.7 Å². The second-order valence-corrected chi connectivity index (χ2v) is 18.9. The molecule has 0 fully saturated rings. The van der Waals surface area contributed by atoms with E-state index in [9.17, 15) is 0 Å². The zero-order valence-electron chi connectivity index (χ0n) is 16.8. The van der Waals surface area contributed by atoms with E-state index in [1.165, 1.54) is 0 Å². The molecule has 0 aromatic carbocycles. The van der Waals surface area contributed by atoms with Crippen molar-refractivity contribution in [3.05, 3.63) is 12.7 Å². The minimum absolute atomic E-state index is 0.239. The highest BCUT2D eigenvalue weighted by atomic mass is 28.4. The Hall–Kier alpha value is 0.0938. The van der Waals surface area contributed by atoms with Crippen molar-refractivity contribution in [3.63, 3.8) is 0 Å². The Kier molecular flexibility index (Phi) is 8.85. The summed E-state index contributed by atoms with van der Waals surface area (Å²) in [5.74, 6) is 0. The van der Waals surface area contributed by atoms with Gasteiger partial charge in [0.2, 0.25) is 8.32 Å². The van der Waals surface area contributed by atoms with Gasteiger partial charge in [-0.1, -0.05) is 67.3 Å². The average molecular weight is 344 g/mol. The quantitative estimate of drug-likeness (QED) is 0.392. The van der Waals surface area contributed by atoms with E-state index in [1.807, 2.05) is 6.08 Å². The SMILES string of the molecule is C=CC[C@@H](N[Si](C)(C)C)[C@H](C)O[Si](C(C)C)(C(C)C)C(C)C. The summed E-state index contributed by atoms with van der Waals surface area (Å²) >= 11 is 0. The largest absolute Gasteiger partial charge is 0.412 e. The molecule has 22 heavy (non-hydrogen) atoms. The fourth-order valence-electron chi connectivity index (χ4n) is 3.92. The zero-order chi connectivity index (χ0) is 17.7. The van der Waals surface area contributed by atoms with Crippen LogP contribution >= 0.6 is 0 Å². The van der Waals surface area contributed by atoms with Crippen molar-refractivity contribution in [1.29, 1.82) is 0 Å². The van der Waals surface area contributed by atoms with Crippen LogP contribution in [0.4, 0.5) is 0 Å². The third kappa shape index (κ3) is 5.95. The van der Waals surface area contributed by atoms with Crippen molar-refractivity contribution < 1.29 is 4.43 Å². The third-order valence-electron chi connectivity index (χ3n) is 4.70. The van der Waals surface area contributed by atoms with E-state index in [0.29, 0.717) is 22.7 Å². The standard InChI is InChI=1S/C18H41NOSi2/c1-12-13-18(19-21(9,10)11)17(8)20-22(14(2)3,15(4)5)16(6)7/h12,14-19H,1,13H2,2-11H3/t17-,18+/m0/s1. The molecule has 0 aliphatic carbocycles. The lowest BCUT2D eigenvalue weighted by atomic mass is 10.1. The van der Waals surface area contributed by atoms with Crippen molar-refractivity contribution in [1.82, 2.24) is 4.98 Å². The van der Waals surface area contributed by atoms with Crippen LogP contribution in [-0.2, 0) is 4.43 Å². The summed E-state index contributed by atoms with van der Waals surface area (Å²) < 4.78 is 6.93. The Morgan fingerprint density at radius 2 is 1.32 bits per heavy atom. The first-order chi connectivity index (χ1) is 9.88. The summed E-state index contributed by atoms with van der Waals surface area (Å²) in [4.78, 5) is 3.86. The highest BCUT2D eigenvalue weighted by molar-refractivity contribution is 6.77. The monoisotopic (exact) mass is 343 g/mol. The van der Waals surface area contributed by atoms with Crippen LogP contribution < -0.4 is 4.98 Å². The van der Waals surface area contributed by atoms with Gasteiger partial charge in [-0.2, -0.15) is 0 Å². The Bertz CT molecular complexity index is 313. The maximum Gasteiger partial charge on any atom is 0.200 e. The molecule has 2 nitrogen and oxygen atoms in total. The van der Waals surface area contributed by atoms with Crippen molar-refractivity contribution in [2.45, 2.75) is 103 Å².